The van der Waals surface area contributed by atoms with Gasteiger partial charge in [-0.1, -0.05) is 12.1 Å². The molecule has 106 valence electrons. The van der Waals surface area contributed by atoms with Gasteiger partial charge in [0.2, 0.25) is 0 Å². The standard InChI is InChI=1S/C16H18FNO2/c1-11-8-14(17)4-3-13(11)6-7-18-10-12-2-5-15(19)16(20)9-12/h2-5,8-9,18-20H,6-7,10H2,1H3. The molecule has 0 aliphatic rings. The second-order valence-electron chi connectivity index (χ2n) is 4.82. The number of rotatable bonds is 5. The molecule has 2 rings (SSSR count). The summed E-state index contributed by atoms with van der Waals surface area (Å²) in [6.07, 6.45) is 0.816. The van der Waals surface area contributed by atoms with E-state index in [9.17, 15) is 14.6 Å². The van der Waals surface area contributed by atoms with E-state index in [1.54, 1.807) is 12.1 Å². The minimum absolute atomic E-state index is 0.112. The van der Waals surface area contributed by atoms with Crippen LogP contribution in [0.15, 0.2) is 36.4 Å². The second kappa shape index (κ2) is 6.39. The lowest BCUT2D eigenvalue weighted by atomic mass is 10.1. The molecule has 2 aromatic rings. The third kappa shape index (κ3) is 3.71. The van der Waals surface area contributed by atoms with Gasteiger partial charge in [-0.25, -0.2) is 4.39 Å². The number of benzene rings is 2. The molecule has 0 bridgehead atoms. The first-order chi connectivity index (χ1) is 9.56. The van der Waals surface area contributed by atoms with Gasteiger partial charge in [-0.05, 0) is 60.8 Å². The minimum atomic E-state index is -0.209. The lowest BCUT2D eigenvalue weighted by Gasteiger charge is -2.08. The molecule has 0 aliphatic carbocycles. The minimum Gasteiger partial charge on any atom is -0.504 e. The molecular formula is C16H18FNO2. The Hall–Kier alpha value is -2.07. The van der Waals surface area contributed by atoms with E-state index < -0.39 is 0 Å². The molecule has 0 atom stereocenters. The molecule has 4 heteroatoms. The van der Waals surface area contributed by atoms with E-state index >= 15 is 0 Å². The Labute approximate surface area is 117 Å². The maximum atomic E-state index is 13.0. The number of aromatic hydroxyl groups is 2. The Morgan fingerprint density at radius 2 is 1.85 bits per heavy atom. The number of phenols is 2. The highest BCUT2D eigenvalue weighted by molar-refractivity contribution is 5.40. The molecule has 0 aliphatic heterocycles. The Kier molecular flexibility index (Phi) is 4.58. The van der Waals surface area contributed by atoms with Gasteiger partial charge in [0.15, 0.2) is 11.5 Å². The molecule has 2 aromatic carbocycles. The number of aryl methyl sites for hydroxylation is 1. The third-order valence-corrected chi connectivity index (χ3v) is 3.24. The summed E-state index contributed by atoms with van der Waals surface area (Å²) in [4.78, 5) is 0. The maximum Gasteiger partial charge on any atom is 0.157 e. The van der Waals surface area contributed by atoms with Crippen LogP contribution in [-0.2, 0) is 13.0 Å². The van der Waals surface area contributed by atoms with Gasteiger partial charge in [0, 0.05) is 6.54 Å². The Balaban J connectivity index is 1.82. The van der Waals surface area contributed by atoms with Crippen LogP contribution in [0.2, 0.25) is 0 Å². The first-order valence-electron chi connectivity index (χ1n) is 6.53. The van der Waals surface area contributed by atoms with E-state index in [4.69, 9.17) is 0 Å². The van der Waals surface area contributed by atoms with Crippen molar-refractivity contribution in [2.75, 3.05) is 6.54 Å². The first kappa shape index (κ1) is 14.3. The van der Waals surface area contributed by atoms with Crippen LogP contribution in [0.25, 0.3) is 0 Å². The Morgan fingerprint density at radius 1 is 1.05 bits per heavy atom. The smallest absolute Gasteiger partial charge is 0.157 e. The summed E-state index contributed by atoms with van der Waals surface area (Å²) in [5.41, 5.74) is 2.97. The first-order valence-corrected chi connectivity index (χ1v) is 6.53. The highest BCUT2D eigenvalue weighted by atomic mass is 19.1. The molecule has 20 heavy (non-hydrogen) atoms. The van der Waals surface area contributed by atoms with Crippen LogP contribution in [0, 0.1) is 12.7 Å². The van der Waals surface area contributed by atoms with Crippen LogP contribution < -0.4 is 5.32 Å². The molecule has 3 nitrogen and oxygen atoms in total. The largest absolute Gasteiger partial charge is 0.504 e. The quantitative estimate of drug-likeness (QED) is 0.581. The molecule has 0 radical (unpaired) electrons. The van der Waals surface area contributed by atoms with Gasteiger partial charge in [-0.15, -0.1) is 0 Å². The van der Waals surface area contributed by atoms with Gasteiger partial charge in [0.05, 0.1) is 0 Å². The van der Waals surface area contributed by atoms with Crippen LogP contribution in [0.5, 0.6) is 11.5 Å². The fraction of sp³-hybridized carbons (Fsp3) is 0.250. The second-order valence-corrected chi connectivity index (χ2v) is 4.82. The average molecular weight is 275 g/mol. The molecule has 0 saturated heterocycles. The van der Waals surface area contributed by atoms with Crippen LogP contribution in [0.4, 0.5) is 4.39 Å². The van der Waals surface area contributed by atoms with E-state index in [0.29, 0.717) is 6.54 Å². The summed E-state index contributed by atoms with van der Waals surface area (Å²) in [6.45, 7) is 3.26. The van der Waals surface area contributed by atoms with E-state index in [2.05, 4.69) is 5.32 Å². The zero-order chi connectivity index (χ0) is 14.5. The van der Waals surface area contributed by atoms with Crippen molar-refractivity contribution in [3.63, 3.8) is 0 Å². The molecule has 0 spiro atoms. The van der Waals surface area contributed by atoms with Crippen molar-refractivity contribution in [1.29, 1.82) is 0 Å². The fourth-order valence-electron chi connectivity index (χ4n) is 2.07. The normalized spacial score (nSPS) is 10.7. The predicted octanol–water partition coefficient (Wildman–Crippen LogP) is 2.88. The SMILES string of the molecule is Cc1cc(F)ccc1CCNCc1ccc(O)c(O)c1. The maximum absolute atomic E-state index is 13.0. The lowest BCUT2D eigenvalue weighted by molar-refractivity contribution is 0.403. The zero-order valence-corrected chi connectivity index (χ0v) is 11.4. The van der Waals surface area contributed by atoms with Crippen molar-refractivity contribution in [3.8, 4) is 11.5 Å². The Morgan fingerprint density at radius 3 is 2.55 bits per heavy atom. The summed E-state index contributed by atoms with van der Waals surface area (Å²) < 4.78 is 13.0. The third-order valence-electron chi connectivity index (χ3n) is 3.24. The summed E-state index contributed by atoms with van der Waals surface area (Å²) in [5, 5.41) is 21.9. The molecule has 3 N–H and O–H groups in total. The van der Waals surface area contributed by atoms with Gasteiger partial charge in [-0.2, -0.15) is 0 Å². The van der Waals surface area contributed by atoms with E-state index in [1.807, 2.05) is 6.92 Å². The number of phenolic OH excluding ortho intramolecular Hbond substituents is 2. The van der Waals surface area contributed by atoms with E-state index in [0.717, 1.165) is 29.7 Å². The highest BCUT2D eigenvalue weighted by Gasteiger charge is 2.02. The molecule has 0 heterocycles. The van der Waals surface area contributed by atoms with Gasteiger partial charge in [0.25, 0.3) is 0 Å². The summed E-state index contributed by atoms with van der Waals surface area (Å²) in [6, 6.07) is 9.57. The van der Waals surface area contributed by atoms with E-state index in [1.165, 1.54) is 24.3 Å². The molecule has 0 saturated carbocycles. The average Bonchev–Trinajstić information content (AvgIpc) is 2.40. The summed E-state index contributed by atoms with van der Waals surface area (Å²) >= 11 is 0. The Bertz CT molecular complexity index is 599. The molecule has 0 unspecified atom stereocenters. The zero-order valence-electron chi connectivity index (χ0n) is 11.4. The topological polar surface area (TPSA) is 52.5 Å². The van der Waals surface area contributed by atoms with Crippen molar-refractivity contribution >= 4 is 0 Å². The van der Waals surface area contributed by atoms with Gasteiger partial charge in [-0.3, -0.25) is 0 Å². The van der Waals surface area contributed by atoms with Crippen LogP contribution >= 0.6 is 0 Å². The number of hydrogen-bond donors (Lipinski definition) is 3. The van der Waals surface area contributed by atoms with Crippen molar-refractivity contribution in [2.45, 2.75) is 19.9 Å². The molecular weight excluding hydrogens is 257 g/mol. The van der Waals surface area contributed by atoms with Crippen molar-refractivity contribution in [3.05, 3.63) is 58.9 Å². The number of halogens is 1. The predicted molar refractivity (Wildman–Crippen MR) is 76.3 cm³/mol. The van der Waals surface area contributed by atoms with Crippen molar-refractivity contribution < 1.29 is 14.6 Å². The number of hydrogen-bond acceptors (Lipinski definition) is 3. The van der Waals surface area contributed by atoms with Gasteiger partial charge < -0.3 is 15.5 Å². The van der Waals surface area contributed by atoms with Crippen molar-refractivity contribution in [2.24, 2.45) is 0 Å². The number of nitrogens with one attached hydrogen (secondary N) is 1. The van der Waals surface area contributed by atoms with Crippen molar-refractivity contribution in [1.82, 2.24) is 5.32 Å². The fourth-order valence-corrected chi connectivity index (χ4v) is 2.07. The lowest BCUT2D eigenvalue weighted by Crippen LogP contribution is -2.17. The van der Waals surface area contributed by atoms with Crippen LogP contribution in [0.3, 0.4) is 0 Å². The summed E-state index contributed by atoms with van der Waals surface area (Å²) in [5.74, 6) is -0.437. The van der Waals surface area contributed by atoms with E-state index in [-0.39, 0.29) is 17.3 Å². The molecule has 0 aromatic heterocycles. The molecule has 0 amide bonds. The monoisotopic (exact) mass is 275 g/mol. The van der Waals surface area contributed by atoms with Gasteiger partial charge >= 0.3 is 0 Å². The summed E-state index contributed by atoms with van der Waals surface area (Å²) in [7, 11) is 0. The van der Waals surface area contributed by atoms with Crippen LogP contribution in [-0.4, -0.2) is 16.8 Å². The molecule has 0 fully saturated rings. The van der Waals surface area contributed by atoms with Crippen LogP contribution in [0.1, 0.15) is 16.7 Å². The van der Waals surface area contributed by atoms with Gasteiger partial charge in [0.1, 0.15) is 5.82 Å². The highest BCUT2D eigenvalue weighted by Crippen LogP contribution is 2.24.